The number of fused-ring (bicyclic) bond motifs is 1. The van der Waals surface area contributed by atoms with Crippen molar-refractivity contribution in [1.29, 1.82) is 0 Å². The fourth-order valence-electron chi connectivity index (χ4n) is 2.32. The Bertz CT molecular complexity index is 843. The number of carboxylic acid groups (broad SMARTS) is 1. The van der Waals surface area contributed by atoms with Crippen LogP contribution in [-0.4, -0.2) is 28.9 Å². The fraction of sp³-hybridized carbons (Fsp3) is 0.176. The van der Waals surface area contributed by atoms with Crippen LogP contribution in [0.3, 0.4) is 0 Å². The number of amides is 1. The van der Waals surface area contributed by atoms with Crippen molar-refractivity contribution in [2.45, 2.75) is 13.0 Å². The lowest BCUT2D eigenvalue weighted by molar-refractivity contribution is 0.0643. The summed E-state index contributed by atoms with van der Waals surface area (Å²) < 4.78 is 10.8. The van der Waals surface area contributed by atoms with Crippen molar-refractivity contribution in [2.75, 3.05) is 7.05 Å². The van der Waals surface area contributed by atoms with Gasteiger partial charge in [0.2, 0.25) is 5.76 Å². The van der Waals surface area contributed by atoms with E-state index in [4.69, 9.17) is 13.9 Å². The van der Waals surface area contributed by atoms with Gasteiger partial charge in [-0.2, -0.15) is 0 Å². The molecule has 3 rings (SSSR count). The first-order chi connectivity index (χ1) is 11.0. The van der Waals surface area contributed by atoms with E-state index in [1.807, 2.05) is 37.3 Å². The molecule has 0 aliphatic rings. The van der Waals surface area contributed by atoms with Crippen LogP contribution in [0.1, 0.15) is 39.8 Å². The van der Waals surface area contributed by atoms with E-state index in [1.165, 1.54) is 17.0 Å². The number of rotatable bonds is 4. The van der Waals surface area contributed by atoms with Crippen LogP contribution in [0.25, 0.3) is 11.0 Å². The van der Waals surface area contributed by atoms with E-state index in [0.717, 1.165) is 11.0 Å². The number of carbonyl (C=O) groups is 2. The summed E-state index contributed by atoms with van der Waals surface area (Å²) in [6.07, 6.45) is 0. The number of nitrogens with zero attached hydrogens (tertiary/aromatic N) is 1. The SMILES string of the molecule is C[C@@H](c1cc2ccccc2o1)N(C)C(=O)c1ccc(C(=O)O)o1. The fourth-order valence-corrected chi connectivity index (χ4v) is 2.32. The van der Waals surface area contributed by atoms with Gasteiger partial charge in [-0.05, 0) is 31.2 Å². The minimum absolute atomic E-state index is 0.0205. The summed E-state index contributed by atoms with van der Waals surface area (Å²) in [7, 11) is 1.61. The van der Waals surface area contributed by atoms with E-state index in [9.17, 15) is 9.59 Å². The first kappa shape index (κ1) is 14.9. The van der Waals surface area contributed by atoms with Crippen molar-refractivity contribution in [2.24, 2.45) is 0 Å². The summed E-state index contributed by atoms with van der Waals surface area (Å²) >= 11 is 0. The summed E-state index contributed by atoms with van der Waals surface area (Å²) in [5.74, 6) is -1.26. The first-order valence-electron chi connectivity index (χ1n) is 7.06. The van der Waals surface area contributed by atoms with Gasteiger partial charge in [0.15, 0.2) is 5.76 Å². The summed E-state index contributed by atoms with van der Waals surface area (Å²) in [6, 6.07) is 11.8. The molecule has 0 bridgehead atoms. The number of furan rings is 2. The lowest BCUT2D eigenvalue weighted by atomic mass is 10.2. The van der Waals surface area contributed by atoms with E-state index in [2.05, 4.69) is 0 Å². The second-order valence-corrected chi connectivity index (χ2v) is 5.25. The van der Waals surface area contributed by atoms with Crippen molar-refractivity contribution in [3.8, 4) is 0 Å². The third-order valence-electron chi connectivity index (χ3n) is 3.79. The van der Waals surface area contributed by atoms with E-state index in [1.54, 1.807) is 7.05 Å². The number of benzene rings is 1. The normalized spacial score (nSPS) is 12.3. The predicted molar refractivity (Wildman–Crippen MR) is 82.4 cm³/mol. The molecular formula is C17H15NO5. The molecule has 23 heavy (non-hydrogen) atoms. The number of carbonyl (C=O) groups excluding carboxylic acids is 1. The third kappa shape index (κ3) is 2.70. The maximum Gasteiger partial charge on any atom is 0.371 e. The van der Waals surface area contributed by atoms with Gasteiger partial charge in [0.1, 0.15) is 11.3 Å². The Morgan fingerprint density at radius 3 is 2.43 bits per heavy atom. The highest BCUT2D eigenvalue weighted by atomic mass is 16.4. The standard InChI is InChI=1S/C17H15NO5/c1-10(15-9-11-5-3-4-6-12(11)22-15)18(2)16(19)13-7-8-14(23-13)17(20)21/h3-10H,1-2H3,(H,20,21)/t10-/m0/s1. The zero-order valence-electron chi connectivity index (χ0n) is 12.6. The molecule has 6 nitrogen and oxygen atoms in total. The Balaban J connectivity index is 1.84. The maximum atomic E-state index is 12.4. The molecule has 2 heterocycles. The Hall–Kier alpha value is -3.02. The molecule has 3 aromatic rings. The monoisotopic (exact) mass is 313 g/mol. The smallest absolute Gasteiger partial charge is 0.371 e. The molecule has 0 unspecified atom stereocenters. The minimum atomic E-state index is -1.21. The largest absolute Gasteiger partial charge is 0.475 e. The van der Waals surface area contributed by atoms with Crippen molar-refractivity contribution < 1.29 is 23.5 Å². The molecule has 0 fully saturated rings. The molecule has 6 heteroatoms. The summed E-state index contributed by atoms with van der Waals surface area (Å²) in [5, 5.41) is 9.81. The van der Waals surface area contributed by atoms with E-state index < -0.39 is 11.9 Å². The quantitative estimate of drug-likeness (QED) is 0.796. The number of aromatic carboxylic acids is 1. The van der Waals surface area contributed by atoms with Crippen LogP contribution in [-0.2, 0) is 0 Å². The highest BCUT2D eigenvalue weighted by Gasteiger charge is 2.24. The summed E-state index contributed by atoms with van der Waals surface area (Å²) in [4.78, 5) is 24.7. The Morgan fingerprint density at radius 1 is 1.09 bits per heavy atom. The van der Waals surface area contributed by atoms with Gasteiger partial charge < -0.3 is 18.8 Å². The lowest BCUT2D eigenvalue weighted by Crippen LogP contribution is -2.29. The Kier molecular flexibility index (Phi) is 3.65. The molecule has 0 saturated heterocycles. The molecule has 0 aliphatic heterocycles. The zero-order valence-corrected chi connectivity index (χ0v) is 12.6. The number of hydrogen-bond acceptors (Lipinski definition) is 4. The van der Waals surface area contributed by atoms with Gasteiger partial charge in [-0.1, -0.05) is 18.2 Å². The molecule has 2 aromatic heterocycles. The topological polar surface area (TPSA) is 83.9 Å². The highest BCUT2D eigenvalue weighted by Crippen LogP contribution is 2.27. The average Bonchev–Trinajstić information content (AvgIpc) is 3.19. The summed E-state index contributed by atoms with van der Waals surface area (Å²) in [5.41, 5.74) is 0.751. The van der Waals surface area contributed by atoms with Crippen LogP contribution in [0.15, 0.2) is 51.3 Å². The van der Waals surface area contributed by atoms with E-state index in [-0.39, 0.29) is 17.6 Å². The van der Waals surface area contributed by atoms with Crippen molar-refractivity contribution in [3.05, 3.63) is 59.7 Å². The van der Waals surface area contributed by atoms with Crippen LogP contribution in [0.5, 0.6) is 0 Å². The molecule has 1 atom stereocenters. The van der Waals surface area contributed by atoms with Crippen molar-refractivity contribution in [1.82, 2.24) is 4.90 Å². The van der Waals surface area contributed by atoms with Gasteiger partial charge >= 0.3 is 5.97 Å². The maximum absolute atomic E-state index is 12.4. The van der Waals surface area contributed by atoms with Gasteiger partial charge in [-0.3, -0.25) is 4.79 Å². The van der Waals surface area contributed by atoms with Gasteiger partial charge in [0.25, 0.3) is 5.91 Å². The number of carboxylic acids is 1. The van der Waals surface area contributed by atoms with E-state index in [0.29, 0.717) is 5.76 Å². The second kappa shape index (κ2) is 5.64. The van der Waals surface area contributed by atoms with Gasteiger partial charge in [-0.25, -0.2) is 4.79 Å². The Morgan fingerprint density at radius 2 is 1.78 bits per heavy atom. The third-order valence-corrected chi connectivity index (χ3v) is 3.79. The number of hydrogen-bond donors (Lipinski definition) is 1. The minimum Gasteiger partial charge on any atom is -0.475 e. The average molecular weight is 313 g/mol. The molecule has 118 valence electrons. The molecule has 1 amide bonds. The molecular weight excluding hydrogens is 298 g/mol. The van der Waals surface area contributed by atoms with Crippen LogP contribution in [0, 0.1) is 0 Å². The van der Waals surface area contributed by atoms with Crippen LogP contribution >= 0.6 is 0 Å². The lowest BCUT2D eigenvalue weighted by Gasteiger charge is -2.22. The van der Waals surface area contributed by atoms with Crippen LogP contribution < -0.4 is 0 Å². The zero-order chi connectivity index (χ0) is 16.6. The molecule has 0 saturated carbocycles. The Labute approximate surface area is 131 Å². The van der Waals surface area contributed by atoms with Gasteiger partial charge in [-0.15, -0.1) is 0 Å². The van der Waals surface area contributed by atoms with Gasteiger partial charge in [0, 0.05) is 12.4 Å². The van der Waals surface area contributed by atoms with E-state index >= 15 is 0 Å². The molecule has 1 N–H and O–H groups in total. The molecule has 0 radical (unpaired) electrons. The van der Waals surface area contributed by atoms with Crippen LogP contribution in [0.4, 0.5) is 0 Å². The van der Waals surface area contributed by atoms with Crippen molar-refractivity contribution in [3.63, 3.8) is 0 Å². The highest BCUT2D eigenvalue weighted by molar-refractivity contribution is 5.93. The van der Waals surface area contributed by atoms with Gasteiger partial charge in [0.05, 0.1) is 6.04 Å². The van der Waals surface area contributed by atoms with Crippen LogP contribution in [0.2, 0.25) is 0 Å². The van der Waals surface area contributed by atoms with Crippen molar-refractivity contribution >= 4 is 22.8 Å². The summed E-state index contributed by atoms with van der Waals surface area (Å²) in [6.45, 7) is 1.83. The molecule has 1 aromatic carbocycles. The first-order valence-corrected chi connectivity index (χ1v) is 7.06. The second-order valence-electron chi connectivity index (χ2n) is 5.25. The molecule has 0 aliphatic carbocycles. The molecule has 0 spiro atoms. The number of para-hydroxylation sites is 1. The predicted octanol–water partition coefficient (Wildman–Crippen LogP) is 3.56.